The summed E-state index contributed by atoms with van der Waals surface area (Å²) in [6.45, 7) is 2.99. The number of benzene rings is 3. The number of para-hydroxylation sites is 1. The average molecular weight is 572 g/mol. The van der Waals surface area contributed by atoms with Crippen LogP contribution in [0.3, 0.4) is 0 Å². The predicted octanol–water partition coefficient (Wildman–Crippen LogP) is 7.49. The van der Waals surface area contributed by atoms with Crippen molar-refractivity contribution >= 4 is 11.9 Å². The summed E-state index contributed by atoms with van der Waals surface area (Å²) in [6.07, 6.45) is 9.63. The van der Waals surface area contributed by atoms with Crippen molar-refractivity contribution in [2.45, 2.75) is 76.9 Å². The minimum absolute atomic E-state index is 0.172. The predicted molar refractivity (Wildman–Crippen MR) is 166 cm³/mol. The molecule has 6 heteroatoms. The second-order valence-electron chi connectivity index (χ2n) is 11.2. The van der Waals surface area contributed by atoms with Crippen LogP contribution in [0.15, 0.2) is 72.8 Å². The van der Waals surface area contributed by atoms with Crippen LogP contribution in [0.2, 0.25) is 0 Å². The summed E-state index contributed by atoms with van der Waals surface area (Å²) < 4.78 is 16.0. The molecule has 0 spiro atoms. The van der Waals surface area contributed by atoms with E-state index in [1.54, 1.807) is 12.1 Å². The molecule has 1 fully saturated rings. The third-order valence-electron chi connectivity index (χ3n) is 8.23. The SMILES string of the molecule is COC(=O)CCCCN(CCc1ccccc1OCc1ccc(C2CCCCC2)cc1)Cc1ccc(C(=O)OC)cc1. The van der Waals surface area contributed by atoms with Gasteiger partial charge >= 0.3 is 11.9 Å². The minimum Gasteiger partial charge on any atom is -0.489 e. The van der Waals surface area contributed by atoms with E-state index in [2.05, 4.69) is 47.4 Å². The molecule has 6 nitrogen and oxygen atoms in total. The molecule has 0 bridgehead atoms. The number of nitrogens with zero attached hydrogens (tertiary/aromatic N) is 1. The topological polar surface area (TPSA) is 65.1 Å². The van der Waals surface area contributed by atoms with E-state index in [1.165, 1.54) is 63.0 Å². The van der Waals surface area contributed by atoms with Gasteiger partial charge < -0.3 is 14.2 Å². The number of ether oxygens (including phenoxy) is 3. The molecule has 0 radical (unpaired) electrons. The summed E-state index contributed by atoms with van der Waals surface area (Å²) in [7, 11) is 2.82. The molecule has 4 rings (SSSR count). The third-order valence-corrected chi connectivity index (χ3v) is 8.23. The molecule has 42 heavy (non-hydrogen) atoms. The maximum absolute atomic E-state index is 11.8. The van der Waals surface area contributed by atoms with Crippen LogP contribution in [0.4, 0.5) is 0 Å². The molecule has 0 N–H and O–H groups in total. The van der Waals surface area contributed by atoms with Crippen LogP contribution in [-0.2, 0) is 33.8 Å². The van der Waals surface area contributed by atoms with E-state index in [1.807, 2.05) is 18.2 Å². The Kier molecular flexibility index (Phi) is 12.5. The number of unbranched alkanes of at least 4 members (excludes halogenated alkanes) is 1. The van der Waals surface area contributed by atoms with Gasteiger partial charge in [0.1, 0.15) is 12.4 Å². The zero-order valence-electron chi connectivity index (χ0n) is 25.2. The Morgan fingerprint density at radius 2 is 1.50 bits per heavy atom. The smallest absolute Gasteiger partial charge is 0.337 e. The Balaban J connectivity index is 1.35. The first kappa shape index (κ1) is 31.3. The average Bonchev–Trinajstić information content (AvgIpc) is 3.05. The Bertz CT molecular complexity index is 1250. The fourth-order valence-corrected chi connectivity index (χ4v) is 5.71. The first-order valence-electron chi connectivity index (χ1n) is 15.3. The summed E-state index contributed by atoms with van der Waals surface area (Å²) >= 11 is 0. The van der Waals surface area contributed by atoms with Crippen LogP contribution in [0.5, 0.6) is 5.75 Å². The first-order chi connectivity index (χ1) is 20.6. The zero-order chi connectivity index (χ0) is 29.6. The molecule has 0 atom stereocenters. The lowest BCUT2D eigenvalue weighted by atomic mass is 9.84. The maximum atomic E-state index is 11.8. The van der Waals surface area contributed by atoms with Crippen LogP contribution in [-0.4, -0.2) is 44.1 Å². The molecule has 1 aliphatic rings. The molecule has 3 aromatic rings. The van der Waals surface area contributed by atoms with Gasteiger partial charge in [-0.2, -0.15) is 0 Å². The normalized spacial score (nSPS) is 13.6. The van der Waals surface area contributed by atoms with E-state index < -0.39 is 0 Å². The quantitative estimate of drug-likeness (QED) is 0.139. The lowest BCUT2D eigenvalue weighted by molar-refractivity contribution is -0.140. The van der Waals surface area contributed by atoms with Gasteiger partial charge in [-0.15, -0.1) is 0 Å². The number of hydrogen-bond acceptors (Lipinski definition) is 6. The van der Waals surface area contributed by atoms with E-state index >= 15 is 0 Å². The maximum Gasteiger partial charge on any atom is 0.337 e. The fourth-order valence-electron chi connectivity index (χ4n) is 5.71. The van der Waals surface area contributed by atoms with E-state index in [9.17, 15) is 9.59 Å². The van der Waals surface area contributed by atoms with Gasteiger partial charge in [-0.25, -0.2) is 4.79 Å². The summed E-state index contributed by atoms with van der Waals surface area (Å²) in [4.78, 5) is 25.8. The van der Waals surface area contributed by atoms with Crippen molar-refractivity contribution in [2.75, 3.05) is 27.3 Å². The highest BCUT2D eigenvalue weighted by atomic mass is 16.5. The molecule has 1 aliphatic carbocycles. The second-order valence-corrected chi connectivity index (χ2v) is 11.2. The molecule has 0 saturated heterocycles. The molecule has 0 aliphatic heterocycles. The highest BCUT2D eigenvalue weighted by Gasteiger charge is 2.15. The zero-order valence-corrected chi connectivity index (χ0v) is 25.2. The number of esters is 2. The molecule has 0 amide bonds. The monoisotopic (exact) mass is 571 g/mol. The van der Waals surface area contributed by atoms with Gasteiger partial charge in [0.2, 0.25) is 0 Å². The first-order valence-corrected chi connectivity index (χ1v) is 15.3. The lowest BCUT2D eigenvalue weighted by Gasteiger charge is -2.23. The van der Waals surface area contributed by atoms with Crippen molar-refractivity contribution in [3.63, 3.8) is 0 Å². The summed E-state index contributed by atoms with van der Waals surface area (Å²) in [6, 6.07) is 24.9. The number of carbonyl (C=O) groups excluding carboxylic acids is 2. The van der Waals surface area contributed by atoms with Crippen molar-refractivity contribution in [1.82, 2.24) is 4.90 Å². The number of carbonyl (C=O) groups is 2. The Labute approximate surface area is 251 Å². The minimum atomic E-state index is -0.335. The van der Waals surface area contributed by atoms with E-state index in [-0.39, 0.29) is 11.9 Å². The molecule has 0 unspecified atom stereocenters. The van der Waals surface area contributed by atoms with Gasteiger partial charge in [-0.05, 0) is 85.0 Å². The number of methoxy groups -OCH3 is 2. The molecular weight excluding hydrogens is 526 g/mol. The number of hydrogen-bond donors (Lipinski definition) is 0. The number of rotatable bonds is 15. The Morgan fingerprint density at radius 3 is 2.21 bits per heavy atom. The van der Waals surface area contributed by atoms with Crippen molar-refractivity contribution < 1.29 is 23.8 Å². The highest BCUT2D eigenvalue weighted by Crippen LogP contribution is 2.32. The summed E-state index contributed by atoms with van der Waals surface area (Å²) in [5.74, 6) is 1.12. The molecule has 224 valence electrons. The Hall–Kier alpha value is -3.64. The fraction of sp³-hybridized carbons (Fsp3) is 0.444. The van der Waals surface area contributed by atoms with Crippen molar-refractivity contribution in [2.24, 2.45) is 0 Å². The van der Waals surface area contributed by atoms with Crippen LogP contribution in [0.1, 0.15) is 89.9 Å². The summed E-state index contributed by atoms with van der Waals surface area (Å²) in [5, 5.41) is 0. The third kappa shape index (κ3) is 9.73. The van der Waals surface area contributed by atoms with E-state index in [0.29, 0.717) is 24.5 Å². The lowest BCUT2D eigenvalue weighted by Crippen LogP contribution is -2.27. The van der Waals surface area contributed by atoms with Gasteiger partial charge in [0, 0.05) is 19.5 Å². The van der Waals surface area contributed by atoms with Crippen molar-refractivity contribution in [1.29, 1.82) is 0 Å². The largest absolute Gasteiger partial charge is 0.489 e. The van der Waals surface area contributed by atoms with Gasteiger partial charge in [0.05, 0.1) is 19.8 Å². The second kappa shape index (κ2) is 16.7. The summed E-state index contributed by atoms with van der Waals surface area (Å²) in [5.41, 5.74) is 5.49. The van der Waals surface area contributed by atoms with E-state index in [0.717, 1.165) is 50.2 Å². The van der Waals surface area contributed by atoms with Gasteiger partial charge in [0.15, 0.2) is 0 Å². The van der Waals surface area contributed by atoms with Gasteiger partial charge in [-0.1, -0.05) is 73.9 Å². The van der Waals surface area contributed by atoms with Crippen LogP contribution in [0.25, 0.3) is 0 Å². The Morgan fingerprint density at radius 1 is 0.786 bits per heavy atom. The van der Waals surface area contributed by atoms with E-state index in [4.69, 9.17) is 14.2 Å². The highest BCUT2D eigenvalue weighted by molar-refractivity contribution is 5.89. The molecule has 3 aromatic carbocycles. The standard InChI is InChI=1S/C36H45NO5/c1-40-35(38)14-8-9-24-37(26-28-15-21-33(22-16-28)36(39)41-2)25-23-32-12-6-7-13-34(32)42-27-29-17-19-31(20-18-29)30-10-4-3-5-11-30/h6-7,12-13,15-22,30H,3-5,8-11,14,23-27H2,1-2H3. The molecule has 0 aromatic heterocycles. The molecular formula is C36H45NO5. The van der Waals surface area contributed by atoms with Crippen LogP contribution < -0.4 is 4.74 Å². The molecule has 0 heterocycles. The van der Waals surface area contributed by atoms with Gasteiger partial charge in [0.25, 0.3) is 0 Å². The van der Waals surface area contributed by atoms with Crippen LogP contribution in [0, 0.1) is 0 Å². The van der Waals surface area contributed by atoms with Crippen molar-refractivity contribution in [3.8, 4) is 5.75 Å². The van der Waals surface area contributed by atoms with Crippen molar-refractivity contribution in [3.05, 3.63) is 101 Å². The van der Waals surface area contributed by atoms with Crippen LogP contribution >= 0.6 is 0 Å². The van der Waals surface area contributed by atoms with Gasteiger partial charge in [-0.3, -0.25) is 9.69 Å². The molecule has 1 saturated carbocycles.